The summed E-state index contributed by atoms with van der Waals surface area (Å²) in [6, 6.07) is 22.9. The molecular formula is C27H28N4O5S2. The number of rotatable bonds is 9. The van der Waals surface area contributed by atoms with Crippen LogP contribution in [0.5, 0.6) is 0 Å². The van der Waals surface area contributed by atoms with E-state index >= 15 is 0 Å². The Bertz CT molecular complexity index is 1460. The molecule has 3 aromatic carbocycles. The summed E-state index contributed by atoms with van der Waals surface area (Å²) >= 11 is 1.55. The van der Waals surface area contributed by atoms with Crippen LogP contribution in [0.1, 0.15) is 35.5 Å². The van der Waals surface area contributed by atoms with E-state index in [1.54, 1.807) is 66.6 Å². The van der Waals surface area contributed by atoms with Crippen molar-refractivity contribution in [2.24, 2.45) is 7.05 Å². The molecule has 1 aliphatic rings. The van der Waals surface area contributed by atoms with Gasteiger partial charge in [0, 0.05) is 30.5 Å². The predicted octanol–water partition coefficient (Wildman–Crippen LogP) is 4.45. The second-order valence-electron chi connectivity index (χ2n) is 8.93. The first-order chi connectivity index (χ1) is 18.4. The average molecular weight is 553 g/mol. The molecule has 5 rings (SSSR count). The molecule has 2 heterocycles. The van der Waals surface area contributed by atoms with Crippen LogP contribution in [0.25, 0.3) is 0 Å². The molecule has 1 aromatic heterocycles. The van der Waals surface area contributed by atoms with Gasteiger partial charge in [0.1, 0.15) is 6.33 Å². The molecule has 0 amide bonds. The highest BCUT2D eigenvalue weighted by molar-refractivity contribution is 7.99. The predicted molar refractivity (Wildman–Crippen MR) is 144 cm³/mol. The second kappa shape index (κ2) is 11.7. The quantitative estimate of drug-likeness (QED) is 0.293. The van der Waals surface area contributed by atoms with Gasteiger partial charge in [0.2, 0.25) is 0 Å². The maximum Gasteiger partial charge on any atom is 0.261 e. The molecule has 0 saturated carbocycles. The Hall–Kier alpha value is -3.22. The first-order valence-corrected chi connectivity index (χ1v) is 14.5. The Morgan fingerprint density at radius 2 is 1.82 bits per heavy atom. The number of aryl methyl sites for hydroxylation is 1. The Labute approximate surface area is 225 Å². The van der Waals surface area contributed by atoms with Crippen molar-refractivity contribution < 1.29 is 23.0 Å². The summed E-state index contributed by atoms with van der Waals surface area (Å²) in [5.41, 5.74) is 2.91. The van der Waals surface area contributed by atoms with E-state index in [4.69, 9.17) is 9.47 Å². The highest BCUT2D eigenvalue weighted by Crippen LogP contribution is 2.39. The van der Waals surface area contributed by atoms with Crippen LogP contribution in [0.4, 0.5) is 5.69 Å². The van der Waals surface area contributed by atoms with Crippen molar-refractivity contribution in [1.29, 1.82) is 0 Å². The van der Waals surface area contributed by atoms with Crippen molar-refractivity contribution in [3.05, 3.63) is 102 Å². The standard InChI is InChI=1S/C27H28N4O5S2/c1-31-18-28-29-27(31)37-17-23-15-25(20-12-10-19(16-32)11-13-20)36-26(35-23)21-6-5-7-22(14-21)30-38(33,34)24-8-3-2-4-9-24/h2-14,18,23,25-26,30,32H,15-17H2,1H3/t23-,25+,26+/m1/s1. The molecule has 9 nitrogen and oxygen atoms in total. The van der Waals surface area contributed by atoms with E-state index in [0.29, 0.717) is 23.4 Å². The fraction of sp³-hybridized carbons (Fsp3) is 0.259. The van der Waals surface area contributed by atoms with E-state index < -0.39 is 16.3 Å². The maximum atomic E-state index is 12.8. The SMILES string of the molecule is Cn1cnnc1SC[C@H]1C[C@@H](c2ccc(CO)cc2)O[C@@H](c2cccc(NS(=O)(=O)c3ccccc3)c2)O1. The zero-order valence-electron chi connectivity index (χ0n) is 20.7. The molecule has 4 aromatic rings. The van der Waals surface area contributed by atoms with Crippen LogP contribution in [0.2, 0.25) is 0 Å². The molecule has 2 N–H and O–H groups in total. The molecule has 198 valence electrons. The number of thioether (sulfide) groups is 1. The smallest absolute Gasteiger partial charge is 0.261 e. The molecule has 0 bridgehead atoms. The van der Waals surface area contributed by atoms with E-state index in [1.165, 1.54) is 0 Å². The molecule has 11 heteroatoms. The highest BCUT2D eigenvalue weighted by Gasteiger charge is 2.32. The zero-order chi connectivity index (χ0) is 26.5. The van der Waals surface area contributed by atoms with Gasteiger partial charge in [0.15, 0.2) is 11.4 Å². The van der Waals surface area contributed by atoms with Crippen LogP contribution in [0, 0.1) is 0 Å². The van der Waals surface area contributed by atoms with Gasteiger partial charge in [-0.15, -0.1) is 10.2 Å². The van der Waals surface area contributed by atoms with Crippen molar-refractivity contribution in [2.45, 2.75) is 41.6 Å². The van der Waals surface area contributed by atoms with E-state index in [0.717, 1.165) is 16.3 Å². The molecule has 0 spiro atoms. The Morgan fingerprint density at radius 3 is 2.53 bits per heavy atom. The molecule has 1 saturated heterocycles. The summed E-state index contributed by atoms with van der Waals surface area (Å²) in [5.74, 6) is 0.637. The summed E-state index contributed by atoms with van der Waals surface area (Å²) in [6.45, 7) is -0.0276. The third kappa shape index (κ3) is 6.25. The number of anilines is 1. The number of hydrogen-bond acceptors (Lipinski definition) is 8. The fourth-order valence-corrected chi connectivity index (χ4v) is 6.13. The molecule has 0 radical (unpaired) electrons. The van der Waals surface area contributed by atoms with Gasteiger partial charge in [-0.05, 0) is 35.4 Å². The summed E-state index contributed by atoms with van der Waals surface area (Å²) < 4.78 is 42.9. The van der Waals surface area contributed by atoms with Crippen LogP contribution in [-0.2, 0) is 33.2 Å². The van der Waals surface area contributed by atoms with Crippen LogP contribution in [-0.4, -0.2) is 40.1 Å². The minimum absolute atomic E-state index is 0.0276. The van der Waals surface area contributed by atoms with Gasteiger partial charge in [-0.25, -0.2) is 8.42 Å². The third-order valence-corrected chi connectivity index (χ3v) is 8.71. The van der Waals surface area contributed by atoms with E-state index in [9.17, 15) is 13.5 Å². The number of hydrogen-bond donors (Lipinski definition) is 2. The lowest BCUT2D eigenvalue weighted by Crippen LogP contribution is -2.31. The Morgan fingerprint density at radius 1 is 1.03 bits per heavy atom. The minimum atomic E-state index is -3.74. The molecule has 1 aliphatic heterocycles. The highest BCUT2D eigenvalue weighted by atomic mass is 32.2. The molecule has 3 atom stereocenters. The molecule has 0 unspecified atom stereocenters. The largest absolute Gasteiger partial charge is 0.392 e. The van der Waals surface area contributed by atoms with Crippen LogP contribution < -0.4 is 4.72 Å². The van der Waals surface area contributed by atoms with Crippen molar-refractivity contribution >= 4 is 27.5 Å². The first kappa shape index (κ1) is 26.4. The van der Waals surface area contributed by atoms with E-state index in [2.05, 4.69) is 14.9 Å². The van der Waals surface area contributed by atoms with E-state index in [1.807, 2.05) is 41.9 Å². The fourth-order valence-electron chi connectivity index (χ4n) is 4.16. The van der Waals surface area contributed by atoms with Crippen LogP contribution >= 0.6 is 11.8 Å². The average Bonchev–Trinajstić information content (AvgIpc) is 3.36. The number of sulfonamides is 1. The minimum Gasteiger partial charge on any atom is -0.392 e. The van der Waals surface area contributed by atoms with Crippen LogP contribution in [0.15, 0.2) is 95.2 Å². The van der Waals surface area contributed by atoms with Gasteiger partial charge in [0.05, 0.1) is 23.7 Å². The number of ether oxygens (including phenoxy) is 2. The maximum absolute atomic E-state index is 12.8. The lowest BCUT2D eigenvalue weighted by Gasteiger charge is -2.36. The van der Waals surface area contributed by atoms with Gasteiger partial charge >= 0.3 is 0 Å². The topological polar surface area (TPSA) is 116 Å². The summed E-state index contributed by atoms with van der Waals surface area (Å²) in [6.07, 6.45) is 1.15. The van der Waals surface area contributed by atoms with Gasteiger partial charge < -0.3 is 19.1 Å². The summed E-state index contributed by atoms with van der Waals surface area (Å²) in [4.78, 5) is 0.183. The third-order valence-electron chi connectivity index (χ3n) is 6.15. The van der Waals surface area contributed by atoms with Crippen molar-refractivity contribution in [3.63, 3.8) is 0 Å². The molecule has 38 heavy (non-hydrogen) atoms. The van der Waals surface area contributed by atoms with Crippen molar-refractivity contribution in [1.82, 2.24) is 14.8 Å². The van der Waals surface area contributed by atoms with Crippen molar-refractivity contribution in [2.75, 3.05) is 10.5 Å². The first-order valence-electron chi connectivity index (χ1n) is 12.1. The van der Waals surface area contributed by atoms with Crippen LogP contribution in [0.3, 0.4) is 0 Å². The molecule has 0 aliphatic carbocycles. The number of aliphatic hydroxyl groups is 1. The van der Waals surface area contributed by atoms with Gasteiger partial charge in [0.25, 0.3) is 10.0 Å². The summed E-state index contributed by atoms with van der Waals surface area (Å²) in [5, 5.41) is 18.3. The monoisotopic (exact) mass is 552 g/mol. The Kier molecular flexibility index (Phi) is 8.10. The Balaban J connectivity index is 1.38. The number of aromatic nitrogens is 3. The van der Waals surface area contributed by atoms with Gasteiger partial charge in [-0.1, -0.05) is 66.4 Å². The number of nitrogens with one attached hydrogen (secondary N) is 1. The number of aliphatic hydroxyl groups excluding tert-OH is 1. The normalized spacial score (nSPS) is 19.8. The van der Waals surface area contributed by atoms with Gasteiger partial charge in [-0.2, -0.15) is 0 Å². The van der Waals surface area contributed by atoms with Gasteiger partial charge in [-0.3, -0.25) is 4.72 Å². The number of nitrogens with zero attached hydrogens (tertiary/aromatic N) is 3. The molecular weight excluding hydrogens is 524 g/mol. The second-order valence-corrected chi connectivity index (χ2v) is 11.6. The zero-order valence-corrected chi connectivity index (χ0v) is 22.3. The lowest BCUT2D eigenvalue weighted by molar-refractivity contribution is -0.245. The van der Waals surface area contributed by atoms with Crippen molar-refractivity contribution in [3.8, 4) is 0 Å². The molecule has 1 fully saturated rings. The lowest BCUT2D eigenvalue weighted by atomic mass is 10.0. The number of benzene rings is 3. The van der Waals surface area contributed by atoms with E-state index in [-0.39, 0.29) is 23.7 Å². The summed E-state index contributed by atoms with van der Waals surface area (Å²) in [7, 11) is -1.85.